The quantitative estimate of drug-likeness (QED) is 0.521. The second-order valence-corrected chi connectivity index (χ2v) is 4.48. The minimum atomic E-state index is -0.0787. The molecule has 0 saturated carbocycles. The van der Waals surface area contributed by atoms with Crippen molar-refractivity contribution in [3.8, 4) is 0 Å². The van der Waals surface area contributed by atoms with Crippen molar-refractivity contribution in [3.63, 3.8) is 0 Å². The summed E-state index contributed by atoms with van der Waals surface area (Å²) in [7, 11) is 0. The van der Waals surface area contributed by atoms with E-state index in [1.54, 1.807) is 0 Å². The number of nitrogens with one attached hydrogen (secondary N) is 1. The van der Waals surface area contributed by atoms with Crippen LogP contribution in [0.15, 0.2) is 24.3 Å². The van der Waals surface area contributed by atoms with Crippen LogP contribution in [-0.4, -0.2) is 26.0 Å². The minimum absolute atomic E-state index is 0.0787. The highest BCUT2D eigenvalue weighted by Gasteiger charge is 2.06. The van der Waals surface area contributed by atoms with Gasteiger partial charge in [-0.3, -0.25) is 0 Å². The van der Waals surface area contributed by atoms with Gasteiger partial charge in [0.15, 0.2) is 6.29 Å². The lowest BCUT2D eigenvalue weighted by molar-refractivity contribution is -0.138. The number of ether oxygens (including phenoxy) is 2. The van der Waals surface area contributed by atoms with Crippen molar-refractivity contribution < 1.29 is 9.47 Å². The van der Waals surface area contributed by atoms with Gasteiger partial charge in [-0.2, -0.15) is 0 Å². The lowest BCUT2D eigenvalue weighted by atomic mass is 10.1. The van der Waals surface area contributed by atoms with Gasteiger partial charge in [-0.15, -0.1) is 0 Å². The molecule has 0 aromatic heterocycles. The van der Waals surface area contributed by atoms with E-state index in [0.29, 0.717) is 13.2 Å². The largest absolute Gasteiger partial charge is 0.353 e. The van der Waals surface area contributed by atoms with Crippen LogP contribution in [0.3, 0.4) is 0 Å². The van der Waals surface area contributed by atoms with Gasteiger partial charge in [0.25, 0.3) is 0 Å². The highest BCUT2D eigenvalue weighted by atomic mass is 16.7. The summed E-state index contributed by atoms with van der Waals surface area (Å²) >= 11 is 0. The fourth-order valence-electron chi connectivity index (χ4n) is 1.93. The molecule has 0 amide bonds. The number of rotatable bonds is 10. The zero-order valence-electron chi connectivity index (χ0n) is 12.4. The summed E-state index contributed by atoms with van der Waals surface area (Å²) < 4.78 is 11.0. The Balaban J connectivity index is 2.21. The molecular formula is C16H27NO2. The summed E-state index contributed by atoms with van der Waals surface area (Å²) in [6.07, 6.45) is 1.90. The maximum Gasteiger partial charge on any atom is 0.158 e. The van der Waals surface area contributed by atoms with Gasteiger partial charge in [-0.05, 0) is 31.4 Å². The molecule has 19 heavy (non-hydrogen) atoms. The van der Waals surface area contributed by atoms with Crippen LogP contribution in [0.25, 0.3) is 0 Å². The van der Waals surface area contributed by atoms with Crippen LogP contribution in [0, 0.1) is 0 Å². The Bertz CT molecular complexity index is 318. The van der Waals surface area contributed by atoms with Crippen molar-refractivity contribution >= 4 is 0 Å². The molecule has 1 rings (SSSR count). The lowest BCUT2D eigenvalue weighted by Crippen LogP contribution is -2.24. The smallest absolute Gasteiger partial charge is 0.158 e. The second-order valence-electron chi connectivity index (χ2n) is 4.48. The van der Waals surface area contributed by atoms with Gasteiger partial charge in [0, 0.05) is 32.7 Å². The molecule has 1 aromatic carbocycles. The standard InChI is InChI=1S/C16H27NO2/c1-4-14-7-9-15(10-8-14)13-17-12-11-16(18-5-2)19-6-3/h7-10,16-17H,4-6,11-13H2,1-3H3. The van der Waals surface area contributed by atoms with E-state index in [0.717, 1.165) is 25.9 Å². The predicted molar refractivity (Wildman–Crippen MR) is 79.2 cm³/mol. The van der Waals surface area contributed by atoms with Crippen LogP contribution in [0.4, 0.5) is 0 Å². The maximum absolute atomic E-state index is 5.50. The molecule has 0 aliphatic heterocycles. The van der Waals surface area contributed by atoms with Gasteiger partial charge in [0.1, 0.15) is 0 Å². The second kappa shape index (κ2) is 9.96. The highest BCUT2D eigenvalue weighted by Crippen LogP contribution is 2.05. The molecule has 1 aromatic rings. The maximum atomic E-state index is 5.50. The number of aryl methyl sites for hydroxylation is 1. The monoisotopic (exact) mass is 265 g/mol. The van der Waals surface area contributed by atoms with Gasteiger partial charge in [0.05, 0.1) is 0 Å². The van der Waals surface area contributed by atoms with Gasteiger partial charge < -0.3 is 14.8 Å². The van der Waals surface area contributed by atoms with E-state index < -0.39 is 0 Å². The van der Waals surface area contributed by atoms with Gasteiger partial charge in [-0.25, -0.2) is 0 Å². The van der Waals surface area contributed by atoms with E-state index in [1.165, 1.54) is 11.1 Å². The molecule has 0 atom stereocenters. The third kappa shape index (κ3) is 6.71. The fraction of sp³-hybridized carbons (Fsp3) is 0.625. The number of benzene rings is 1. The first-order valence-corrected chi connectivity index (χ1v) is 7.31. The molecule has 0 fully saturated rings. The molecule has 3 nitrogen and oxygen atoms in total. The SMILES string of the molecule is CCOC(CCNCc1ccc(CC)cc1)OCC. The van der Waals surface area contributed by atoms with Crippen molar-refractivity contribution in [2.24, 2.45) is 0 Å². The Morgan fingerprint density at radius 2 is 1.53 bits per heavy atom. The van der Waals surface area contributed by atoms with Crippen LogP contribution >= 0.6 is 0 Å². The first-order chi connectivity index (χ1) is 9.30. The first-order valence-electron chi connectivity index (χ1n) is 7.31. The summed E-state index contributed by atoms with van der Waals surface area (Å²) in [6, 6.07) is 8.77. The van der Waals surface area contributed by atoms with Crippen molar-refractivity contribution in [2.75, 3.05) is 19.8 Å². The number of hydrogen-bond donors (Lipinski definition) is 1. The third-order valence-corrected chi connectivity index (χ3v) is 3.02. The molecule has 0 unspecified atom stereocenters. The average molecular weight is 265 g/mol. The summed E-state index contributed by atoms with van der Waals surface area (Å²) in [5, 5.41) is 3.43. The zero-order chi connectivity index (χ0) is 13.9. The van der Waals surface area contributed by atoms with Crippen LogP contribution in [0.5, 0.6) is 0 Å². The van der Waals surface area contributed by atoms with E-state index >= 15 is 0 Å². The summed E-state index contributed by atoms with van der Waals surface area (Å²) in [5.41, 5.74) is 2.71. The summed E-state index contributed by atoms with van der Waals surface area (Å²) in [6.45, 7) is 9.36. The Kier molecular flexibility index (Phi) is 8.47. The Hall–Kier alpha value is -0.900. The Morgan fingerprint density at radius 1 is 0.947 bits per heavy atom. The third-order valence-electron chi connectivity index (χ3n) is 3.02. The minimum Gasteiger partial charge on any atom is -0.353 e. The van der Waals surface area contributed by atoms with Crippen molar-refractivity contribution in [3.05, 3.63) is 35.4 Å². The molecule has 0 spiro atoms. The highest BCUT2D eigenvalue weighted by molar-refractivity contribution is 5.22. The molecule has 0 bridgehead atoms. The zero-order valence-corrected chi connectivity index (χ0v) is 12.4. The summed E-state index contributed by atoms with van der Waals surface area (Å²) in [4.78, 5) is 0. The molecular weight excluding hydrogens is 238 g/mol. The normalized spacial score (nSPS) is 11.2. The van der Waals surface area contributed by atoms with Crippen molar-refractivity contribution in [1.82, 2.24) is 5.32 Å². The van der Waals surface area contributed by atoms with Gasteiger partial charge in [0.2, 0.25) is 0 Å². The number of hydrogen-bond acceptors (Lipinski definition) is 3. The van der Waals surface area contributed by atoms with Crippen molar-refractivity contribution in [1.29, 1.82) is 0 Å². The predicted octanol–water partition coefficient (Wildman–Crippen LogP) is 3.13. The Labute approximate surface area is 117 Å². The first kappa shape index (κ1) is 16.2. The van der Waals surface area contributed by atoms with Crippen LogP contribution in [0.1, 0.15) is 38.3 Å². The molecule has 0 aliphatic carbocycles. The molecule has 0 saturated heterocycles. The van der Waals surface area contributed by atoms with E-state index in [4.69, 9.17) is 9.47 Å². The molecule has 1 N–H and O–H groups in total. The molecule has 0 radical (unpaired) electrons. The molecule has 0 aliphatic rings. The van der Waals surface area contributed by atoms with Crippen LogP contribution in [0.2, 0.25) is 0 Å². The van der Waals surface area contributed by atoms with Gasteiger partial charge >= 0.3 is 0 Å². The van der Waals surface area contributed by atoms with E-state index in [2.05, 4.69) is 36.5 Å². The van der Waals surface area contributed by atoms with Gasteiger partial charge in [-0.1, -0.05) is 31.2 Å². The fourth-order valence-corrected chi connectivity index (χ4v) is 1.93. The van der Waals surface area contributed by atoms with Crippen molar-refractivity contribution in [2.45, 2.75) is 46.4 Å². The van der Waals surface area contributed by atoms with E-state index in [9.17, 15) is 0 Å². The van der Waals surface area contributed by atoms with Crippen LogP contribution < -0.4 is 5.32 Å². The van der Waals surface area contributed by atoms with Crippen LogP contribution in [-0.2, 0) is 22.4 Å². The molecule has 108 valence electrons. The van der Waals surface area contributed by atoms with E-state index in [1.807, 2.05) is 13.8 Å². The summed E-state index contributed by atoms with van der Waals surface area (Å²) in [5.74, 6) is 0. The Morgan fingerprint density at radius 3 is 2.05 bits per heavy atom. The topological polar surface area (TPSA) is 30.5 Å². The molecule has 3 heteroatoms. The molecule has 0 heterocycles. The average Bonchev–Trinajstić information content (AvgIpc) is 2.44. The lowest BCUT2D eigenvalue weighted by Gasteiger charge is -2.17. The van der Waals surface area contributed by atoms with E-state index in [-0.39, 0.29) is 6.29 Å².